The molecule has 0 radical (unpaired) electrons. The van der Waals surface area contributed by atoms with Crippen LogP contribution in [0.25, 0.3) is 16.7 Å². The minimum Gasteiger partial charge on any atom is -0.495 e. The Bertz CT molecular complexity index is 1560. The minimum atomic E-state index is -4.04. The van der Waals surface area contributed by atoms with Crippen LogP contribution in [0.2, 0.25) is 10.0 Å². The highest BCUT2D eigenvalue weighted by molar-refractivity contribution is 7.89. The van der Waals surface area contributed by atoms with Gasteiger partial charge in [-0.1, -0.05) is 23.2 Å². The van der Waals surface area contributed by atoms with Crippen molar-refractivity contribution >= 4 is 50.1 Å². The van der Waals surface area contributed by atoms with Gasteiger partial charge >= 0.3 is 0 Å². The summed E-state index contributed by atoms with van der Waals surface area (Å²) >= 11 is 12.8. The highest BCUT2D eigenvalue weighted by Gasteiger charge is 2.24. The molecule has 178 valence electrons. The number of hydrogen-bond donors (Lipinski definition) is 2. The van der Waals surface area contributed by atoms with Gasteiger partial charge in [0.25, 0.3) is 5.56 Å². The third-order valence-electron chi connectivity index (χ3n) is 4.90. The van der Waals surface area contributed by atoms with Crippen molar-refractivity contribution in [2.75, 3.05) is 26.1 Å². The first kappa shape index (κ1) is 24.0. The number of nitrogens with two attached hydrogens (primary N) is 1. The molecule has 3 aromatic heterocycles. The molecule has 14 heteroatoms. The molecule has 0 fully saturated rings. The molecule has 0 aliphatic carbocycles. The van der Waals surface area contributed by atoms with Gasteiger partial charge in [0.15, 0.2) is 11.5 Å². The molecule has 34 heavy (non-hydrogen) atoms. The molecule has 0 bridgehead atoms. The number of hydrogen-bond acceptors (Lipinski definition) is 8. The molecule has 0 saturated carbocycles. The maximum absolute atomic E-state index is 13.1. The van der Waals surface area contributed by atoms with Gasteiger partial charge in [-0.05, 0) is 23.8 Å². The van der Waals surface area contributed by atoms with Crippen molar-refractivity contribution in [3.63, 3.8) is 0 Å². The van der Waals surface area contributed by atoms with E-state index in [0.29, 0.717) is 17.4 Å². The molecule has 3 heterocycles. The Balaban J connectivity index is 1.95. The molecular weight excluding hydrogens is 505 g/mol. The van der Waals surface area contributed by atoms with E-state index >= 15 is 0 Å². The zero-order valence-electron chi connectivity index (χ0n) is 18.2. The lowest BCUT2D eigenvalue weighted by atomic mass is 10.2. The number of primary sulfonamides is 1. The number of ether oxygens (including phenoxy) is 1. The summed E-state index contributed by atoms with van der Waals surface area (Å²) in [4.78, 5) is 25.9. The normalized spacial score (nSPS) is 11.7. The van der Waals surface area contributed by atoms with Crippen LogP contribution in [-0.4, -0.2) is 54.4 Å². The Labute approximate surface area is 204 Å². The third-order valence-corrected chi connectivity index (χ3v) is 6.37. The van der Waals surface area contributed by atoms with Gasteiger partial charge in [-0.25, -0.2) is 23.2 Å². The zero-order chi connectivity index (χ0) is 24.8. The Morgan fingerprint density at radius 3 is 2.44 bits per heavy atom. The van der Waals surface area contributed by atoms with Crippen LogP contribution in [0.5, 0.6) is 5.75 Å². The molecule has 0 amide bonds. The van der Waals surface area contributed by atoms with E-state index in [1.54, 1.807) is 37.5 Å². The quantitative estimate of drug-likeness (QED) is 0.390. The lowest BCUT2D eigenvalue weighted by molar-refractivity contribution is 0.412. The molecule has 11 nitrogen and oxygen atoms in total. The molecule has 0 aliphatic rings. The summed E-state index contributed by atoms with van der Waals surface area (Å²) in [6.07, 6.45) is 3.45. The van der Waals surface area contributed by atoms with Gasteiger partial charge in [0.05, 0.1) is 28.2 Å². The van der Waals surface area contributed by atoms with Crippen molar-refractivity contribution in [2.45, 2.75) is 11.3 Å². The molecule has 0 atom stereocenters. The third kappa shape index (κ3) is 4.44. The van der Waals surface area contributed by atoms with Crippen molar-refractivity contribution in [3.8, 4) is 11.4 Å². The van der Waals surface area contributed by atoms with E-state index in [0.717, 1.165) is 17.7 Å². The van der Waals surface area contributed by atoms with E-state index < -0.39 is 15.6 Å². The Kier molecular flexibility index (Phi) is 6.25. The van der Waals surface area contributed by atoms with Crippen molar-refractivity contribution in [3.05, 3.63) is 62.4 Å². The number of nitrogens with one attached hydrogen (secondary N) is 1. The maximum atomic E-state index is 13.1. The fourth-order valence-electron chi connectivity index (χ4n) is 3.38. The summed E-state index contributed by atoms with van der Waals surface area (Å²) in [5, 5.41) is 9.83. The molecule has 1 aromatic carbocycles. The van der Waals surface area contributed by atoms with Crippen molar-refractivity contribution < 1.29 is 13.2 Å². The summed E-state index contributed by atoms with van der Waals surface area (Å²) in [5.41, 5.74) is 0.680. The van der Waals surface area contributed by atoms with E-state index in [2.05, 4.69) is 20.1 Å². The number of nitrogens with zero attached hydrogens (tertiary/aromatic N) is 5. The van der Waals surface area contributed by atoms with E-state index in [1.807, 2.05) is 0 Å². The molecule has 4 aromatic rings. The number of H-pyrrole nitrogens is 1. The highest BCUT2D eigenvalue weighted by Crippen LogP contribution is 2.34. The first-order chi connectivity index (χ1) is 16.0. The smallest absolute Gasteiger partial charge is 0.264 e. The summed E-state index contributed by atoms with van der Waals surface area (Å²) in [6.45, 7) is 0. The second-order valence-corrected chi connectivity index (χ2v) is 9.91. The SMILES string of the molecule is COc1cncc(Cc2nc3c(c(N(C)C)nn3-c3c(Cl)cc(S(N)(=O)=O)cc3Cl)c(=O)[nH]2)c1. The van der Waals surface area contributed by atoms with Gasteiger partial charge < -0.3 is 14.6 Å². The monoisotopic (exact) mass is 523 g/mol. The molecule has 4 rings (SSSR count). The molecule has 0 saturated heterocycles. The number of fused-ring (bicyclic) bond motifs is 1. The van der Waals surface area contributed by atoms with Gasteiger partial charge in [0, 0.05) is 26.7 Å². The molecule has 0 spiro atoms. The van der Waals surface area contributed by atoms with Crippen LogP contribution in [0.3, 0.4) is 0 Å². The first-order valence-electron chi connectivity index (χ1n) is 9.69. The molecule has 3 N–H and O–H groups in total. The minimum absolute atomic E-state index is 0.0353. The van der Waals surface area contributed by atoms with E-state index in [9.17, 15) is 13.2 Å². The number of pyridine rings is 1. The number of methoxy groups -OCH3 is 1. The summed E-state index contributed by atoms with van der Waals surface area (Å²) in [5.74, 6) is 1.22. The van der Waals surface area contributed by atoms with Crippen LogP contribution in [0.15, 0.2) is 40.3 Å². The number of aromatic nitrogens is 5. The molecule has 0 unspecified atom stereocenters. The Morgan fingerprint density at radius 2 is 1.85 bits per heavy atom. The van der Waals surface area contributed by atoms with Crippen LogP contribution in [0, 0.1) is 0 Å². The Hall–Kier alpha value is -3.19. The highest BCUT2D eigenvalue weighted by atomic mass is 35.5. The lowest BCUT2D eigenvalue weighted by Gasteiger charge is -2.11. The zero-order valence-corrected chi connectivity index (χ0v) is 20.5. The number of benzene rings is 1. The number of anilines is 1. The van der Waals surface area contributed by atoms with Crippen LogP contribution in [-0.2, 0) is 16.4 Å². The van der Waals surface area contributed by atoms with Crippen LogP contribution in [0.4, 0.5) is 5.82 Å². The van der Waals surface area contributed by atoms with E-state index in [4.69, 9.17) is 33.1 Å². The van der Waals surface area contributed by atoms with Crippen LogP contribution >= 0.6 is 23.2 Å². The second kappa shape index (κ2) is 8.87. The van der Waals surface area contributed by atoms with Crippen LogP contribution < -0.4 is 20.3 Å². The van der Waals surface area contributed by atoms with Crippen molar-refractivity contribution in [2.24, 2.45) is 5.14 Å². The lowest BCUT2D eigenvalue weighted by Crippen LogP contribution is -2.16. The van der Waals surface area contributed by atoms with Crippen molar-refractivity contribution in [1.29, 1.82) is 0 Å². The molecule has 0 aliphatic heterocycles. The number of aromatic amines is 1. The standard InChI is InChI=1S/C20H19Cl2N7O4S/c1-28(2)19-16-18(25-15(26-20(16)30)5-10-4-11(33-3)9-24-8-10)29(27-19)17-13(21)6-12(7-14(17)22)34(23,31)32/h4,6-9H,5H2,1-3H3,(H2,23,31,32)(H,25,26,30). The van der Waals surface area contributed by atoms with Gasteiger partial charge in [-0.2, -0.15) is 0 Å². The molecular formula is C20H19Cl2N7O4S. The van der Waals surface area contributed by atoms with Gasteiger partial charge in [-0.3, -0.25) is 9.78 Å². The fourth-order valence-corrected chi connectivity index (χ4v) is 4.72. The van der Waals surface area contributed by atoms with Gasteiger partial charge in [0.2, 0.25) is 10.0 Å². The average molecular weight is 524 g/mol. The summed E-state index contributed by atoms with van der Waals surface area (Å²) in [6, 6.07) is 4.10. The van der Waals surface area contributed by atoms with E-state index in [1.165, 1.54) is 11.8 Å². The second-order valence-electron chi connectivity index (χ2n) is 7.53. The topological polar surface area (TPSA) is 149 Å². The predicted octanol–water partition coefficient (Wildman–Crippen LogP) is 2.12. The van der Waals surface area contributed by atoms with Gasteiger partial charge in [0.1, 0.15) is 22.6 Å². The van der Waals surface area contributed by atoms with Gasteiger partial charge in [-0.15, -0.1) is 5.10 Å². The fraction of sp³-hybridized carbons (Fsp3) is 0.200. The predicted molar refractivity (Wildman–Crippen MR) is 129 cm³/mol. The number of sulfonamides is 1. The average Bonchev–Trinajstić information content (AvgIpc) is 3.13. The summed E-state index contributed by atoms with van der Waals surface area (Å²) < 4.78 is 30.0. The van der Waals surface area contributed by atoms with E-state index in [-0.39, 0.29) is 38.1 Å². The van der Waals surface area contributed by atoms with Crippen LogP contribution in [0.1, 0.15) is 11.4 Å². The Morgan fingerprint density at radius 1 is 1.18 bits per heavy atom. The first-order valence-corrected chi connectivity index (χ1v) is 12.0. The number of halogens is 2. The largest absolute Gasteiger partial charge is 0.495 e. The maximum Gasteiger partial charge on any atom is 0.264 e. The summed E-state index contributed by atoms with van der Waals surface area (Å²) in [7, 11) is 0.920. The van der Waals surface area contributed by atoms with Crippen molar-refractivity contribution in [1.82, 2.24) is 24.7 Å². The number of rotatable bonds is 6.